The average Bonchev–Trinajstić information content (AvgIpc) is 2.58. The van der Waals surface area contributed by atoms with E-state index in [0.717, 1.165) is 5.69 Å². The highest BCUT2D eigenvalue weighted by Crippen LogP contribution is 2.34. The van der Waals surface area contributed by atoms with E-state index in [4.69, 9.17) is 16.3 Å². The Hall–Kier alpha value is -1.63. The fraction of sp³-hybridized carbons (Fsp3) is 0.235. The van der Waals surface area contributed by atoms with Crippen molar-refractivity contribution in [3.8, 4) is 0 Å². The zero-order valence-electron chi connectivity index (χ0n) is 12.7. The van der Waals surface area contributed by atoms with Crippen molar-refractivity contribution in [2.45, 2.75) is 0 Å². The Labute approximate surface area is 152 Å². The summed E-state index contributed by atoms with van der Waals surface area (Å²) in [5.41, 5.74) is 1.25. The summed E-state index contributed by atoms with van der Waals surface area (Å²) in [4.78, 5) is 14.5. The summed E-state index contributed by atoms with van der Waals surface area (Å²) >= 11 is 9.58. The number of halogens is 3. The third-order valence-corrected chi connectivity index (χ3v) is 4.53. The van der Waals surface area contributed by atoms with Crippen LogP contribution < -0.4 is 10.2 Å². The zero-order valence-corrected chi connectivity index (χ0v) is 15.0. The number of para-hydroxylation sites is 1. The first-order chi connectivity index (χ1) is 11.6. The summed E-state index contributed by atoms with van der Waals surface area (Å²) in [6, 6.07) is 9.51. The number of hydrogen-bond acceptors (Lipinski definition) is 3. The fourth-order valence-electron chi connectivity index (χ4n) is 2.59. The Bertz CT molecular complexity index is 766. The maximum Gasteiger partial charge on any atom is 0.258 e. The van der Waals surface area contributed by atoms with Crippen LogP contribution in [-0.4, -0.2) is 32.2 Å². The molecule has 3 rings (SSSR count). The van der Waals surface area contributed by atoms with Crippen LogP contribution >= 0.6 is 27.5 Å². The molecule has 126 valence electrons. The normalized spacial score (nSPS) is 14.5. The van der Waals surface area contributed by atoms with Gasteiger partial charge in [0.1, 0.15) is 5.82 Å². The molecule has 2 aromatic carbocycles. The van der Waals surface area contributed by atoms with Crippen molar-refractivity contribution in [1.82, 2.24) is 0 Å². The predicted octanol–water partition coefficient (Wildman–Crippen LogP) is 4.33. The van der Waals surface area contributed by atoms with E-state index in [1.165, 1.54) is 12.1 Å². The number of rotatable bonds is 3. The van der Waals surface area contributed by atoms with Crippen molar-refractivity contribution in [3.05, 3.63) is 57.3 Å². The third kappa shape index (κ3) is 3.71. The van der Waals surface area contributed by atoms with Crippen LogP contribution in [-0.2, 0) is 4.74 Å². The minimum Gasteiger partial charge on any atom is -0.378 e. The molecule has 1 aliphatic rings. The van der Waals surface area contributed by atoms with Crippen LogP contribution in [0, 0.1) is 5.82 Å². The Kier molecular flexibility index (Phi) is 5.38. The van der Waals surface area contributed by atoms with E-state index in [1.807, 2.05) is 0 Å². The molecule has 1 fully saturated rings. The molecule has 1 aliphatic heterocycles. The molecule has 0 aliphatic carbocycles. The number of benzene rings is 2. The van der Waals surface area contributed by atoms with Gasteiger partial charge < -0.3 is 15.0 Å². The van der Waals surface area contributed by atoms with Crippen molar-refractivity contribution in [2.24, 2.45) is 0 Å². The standard InChI is InChI=1S/C17H15BrClFN2O2/c18-11-4-5-14(20)12(10-11)17(23)21-15-3-1-2-13(19)16(15)22-6-8-24-9-7-22/h1-5,10H,6-9H2,(H,21,23). The molecular formula is C17H15BrClFN2O2. The van der Waals surface area contributed by atoms with E-state index in [-0.39, 0.29) is 5.56 Å². The van der Waals surface area contributed by atoms with Gasteiger partial charge >= 0.3 is 0 Å². The molecule has 0 aromatic heterocycles. The molecular weight excluding hydrogens is 399 g/mol. The molecule has 7 heteroatoms. The Morgan fingerprint density at radius 3 is 2.75 bits per heavy atom. The van der Waals surface area contributed by atoms with Crippen LogP contribution in [0.2, 0.25) is 5.02 Å². The molecule has 1 amide bonds. The Morgan fingerprint density at radius 1 is 1.25 bits per heavy atom. The van der Waals surface area contributed by atoms with Crippen molar-refractivity contribution in [2.75, 3.05) is 36.5 Å². The Morgan fingerprint density at radius 2 is 2.00 bits per heavy atom. The van der Waals surface area contributed by atoms with Gasteiger partial charge in [-0.05, 0) is 30.3 Å². The highest BCUT2D eigenvalue weighted by molar-refractivity contribution is 9.10. The molecule has 1 saturated heterocycles. The van der Waals surface area contributed by atoms with E-state index < -0.39 is 11.7 Å². The molecule has 1 N–H and O–H groups in total. The first-order valence-electron chi connectivity index (χ1n) is 7.44. The van der Waals surface area contributed by atoms with Crippen LogP contribution in [0.1, 0.15) is 10.4 Å². The molecule has 0 bridgehead atoms. The summed E-state index contributed by atoms with van der Waals surface area (Å²) in [6.45, 7) is 2.55. The monoisotopic (exact) mass is 412 g/mol. The highest BCUT2D eigenvalue weighted by atomic mass is 79.9. The SMILES string of the molecule is O=C(Nc1cccc(Cl)c1N1CCOCC1)c1cc(Br)ccc1F. The number of amides is 1. The lowest BCUT2D eigenvalue weighted by molar-refractivity contribution is 0.102. The first-order valence-corrected chi connectivity index (χ1v) is 8.61. The van der Waals surface area contributed by atoms with Crippen molar-refractivity contribution in [3.63, 3.8) is 0 Å². The second-order valence-electron chi connectivity index (χ2n) is 5.31. The van der Waals surface area contributed by atoms with Gasteiger partial charge in [-0.15, -0.1) is 0 Å². The number of carbonyl (C=O) groups excluding carboxylic acids is 1. The van der Waals surface area contributed by atoms with Crippen molar-refractivity contribution >= 4 is 44.8 Å². The average molecular weight is 414 g/mol. The summed E-state index contributed by atoms with van der Waals surface area (Å²) in [7, 11) is 0. The zero-order chi connectivity index (χ0) is 17.1. The quantitative estimate of drug-likeness (QED) is 0.814. The van der Waals surface area contributed by atoms with E-state index >= 15 is 0 Å². The smallest absolute Gasteiger partial charge is 0.258 e. The van der Waals surface area contributed by atoms with Crippen molar-refractivity contribution in [1.29, 1.82) is 0 Å². The van der Waals surface area contributed by atoms with Crippen LogP contribution in [0.15, 0.2) is 40.9 Å². The number of ether oxygens (including phenoxy) is 1. The van der Waals surface area contributed by atoms with Gasteiger partial charge in [-0.2, -0.15) is 0 Å². The largest absolute Gasteiger partial charge is 0.378 e. The van der Waals surface area contributed by atoms with Crippen LogP contribution in [0.3, 0.4) is 0 Å². The molecule has 2 aromatic rings. The number of anilines is 2. The second kappa shape index (κ2) is 7.51. The topological polar surface area (TPSA) is 41.6 Å². The number of morpholine rings is 1. The Balaban J connectivity index is 1.91. The maximum absolute atomic E-state index is 13.9. The van der Waals surface area contributed by atoms with E-state index in [0.29, 0.717) is 41.5 Å². The van der Waals surface area contributed by atoms with Gasteiger partial charge in [-0.3, -0.25) is 4.79 Å². The van der Waals surface area contributed by atoms with Gasteiger partial charge in [0.05, 0.1) is 35.2 Å². The number of nitrogens with zero attached hydrogens (tertiary/aromatic N) is 1. The molecule has 0 saturated carbocycles. The summed E-state index contributed by atoms with van der Waals surface area (Å²) < 4.78 is 19.9. The van der Waals surface area contributed by atoms with Crippen LogP contribution in [0.4, 0.5) is 15.8 Å². The molecule has 4 nitrogen and oxygen atoms in total. The van der Waals surface area contributed by atoms with Gasteiger partial charge in [-0.1, -0.05) is 33.6 Å². The third-order valence-electron chi connectivity index (χ3n) is 3.74. The minimum absolute atomic E-state index is 0.0303. The maximum atomic E-state index is 13.9. The van der Waals surface area contributed by atoms with Crippen LogP contribution in [0.25, 0.3) is 0 Å². The summed E-state index contributed by atoms with van der Waals surface area (Å²) in [6.07, 6.45) is 0. The van der Waals surface area contributed by atoms with Gasteiger partial charge in [0.15, 0.2) is 0 Å². The predicted molar refractivity (Wildman–Crippen MR) is 96.5 cm³/mol. The molecule has 0 unspecified atom stereocenters. The van der Waals surface area contributed by atoms with Crippen molar-refractivity contribution < 1.29 is 13.9 Å². The van der Waals surface area contributed by atoms with Gasteiger partial charge in [0.2, 0.25) is 0 Å². The van der Waals surface area contributed by atoms with E-state index in [9.17, 15) is 9.18 Å². The van der Waals surface area contributed by atoms with Gasteiger partial charge in [0.25, 0.3) is 5.91 Å². The summed E-state index contributed by atoms with van der Waals surface area (Å²) in [5, 5.41) is 3.30. The first kappa shape index (κ1) is 17.2. The molecule has 0 spiro atoms. The molecule has 0 radical (unpaired) electrons. The number of nitrogens with one attached hydrogen (secondary N) is 1. The number of hydrogen-bond donors (Lipinski definition) is 1. The van der Waals surface area contributed by atoms with E-state index in [2.05, 4.69) is 26.1 Å². The second-order valence-corrected chi connectivity index (χ2v) is 6.64. The number of carbonyl (C=O) groups is 1. The van der Waals surface area contributed by atoms with E-state index in [1.54, 1.807) is 24.3 Å². The fourth-order valence-corrected chi connectivity index (χ4v) is 3.24. The van der Waals surface area contributed by atoms with Gasteiger partial charge in [0, 0.05) is 17.6 Å². The highest BCUT2D eigenvalue weighted by Gasteiger charge is 2.20. The summed E-state index contributed by atoms with van der Waals surface area (Å²) in [5.74, 6) is -1.10. The molecule has 0 atom stereocenters. The minimum atomic E-state index is -0.578. The van der Waals surface area contributed by atoms with Gasteiger partial charge in [-0.25, -0.2) is 4.39 Å². The molecule has 1 heterocycles. The lowest BCUT2D eigenvalue weighted by Gasteiger charge is -2.31. The lowest BCUT2D eigenvalue weighted by atomic mass is 10.1. The van der Waals surface area contributed by atoms with Crippen LogP contribution in [0.5, 0.6) is 0 Å². The lowest BCUT2D eigenvalue weighted by Crippen LogP contribution is -2.37. The molecule has 24 heavy (non-hydrogen) atoms.